The third-order valence-corrected chi connectivity index (χ3v) is 4.04. The standard InChI is InChI=1S/C16H15N3O2/c1-2-7-19-9-17-13-11-8-10-5-3-4-6-12(10)18-15(11)21-14(13)16(19)20/h2,8-9H,1,3-7H2. The van der Waals surface area contributed by atoms with Crippen LogP contribution in [0.2, 0.25) is 0 Å². The first kappa shape index (κ1) is 12.3. The molecule has 3 aromatic heterocycles. The first-order valence-electron chi connectivity index (χ1n) is 7.19. The Morgan fingerprint density at radius 2 is 2.24 bits per heavy atom. The number of aromatic nitrogens is 3. The Morgan fingerprint density at radius 3 is 3.10 bits per heavy atom. The van der Waals surface area contributed by atoms with Gasteiger partial charge in [0.05, 0.1) is 11.7 Å². The SMILES string of the molecule is C=CCn1cnc2c(oc3nc4c(cc32)CCCC4)c1=O. The van der Waals surface area contributed by atoms with Crippen molar-refractivity contribution in [2.75, 3.05) is 0 Å². The van der Waals surface area contributed by atoms with Crippen molar-refractivity contribution in [1.29, 1.82) is 0 Å². The van der Waals surface area contributed by atoms with Crippen molar-refractivity contribution in [2.45, 2.75) is 32.2 Å². The molecule has 0 unspecified atom stereocenters. The average Bonchev–Trinajstić information content (AvgIpc) is 2.86. The molecule has 0 fully saturated rings. The molecule has 4 rings (SSSR count). The summed E-state index contributed by atoms with van der Waals surface area (Å²) in [5.74, 6) is 0. The van der Waals surface area contributed by atoms with Gasteiger partial charge in [-0.1, -0.05) is 6.08 Å². The second-order valence-corrected chi connectivity index (χ2v) is 5.42. The number of pyridine rings is 1. The van der Waals surface area contributed by atoms with Crippen LogP contribution in [-0.4, -0.2) is 14.5 Å². The van der Waals surface area contributed by atoms with Gasteiger partial charge in [0.1, 0.15) is 5.52 Å². The van der Waals surface area contributed by atoms with Crippen LogP contribution in [0.4, 0.5) is 0 Å². The lowest BCUT2D eigenvalue weighted by Gasteiger charge is -2.13. The molecule has 0 atom stereocenters. The number of hydrogen-bond acceptors (Lipinski definition) is 4. The van der Waals surface area contributed by atoms with Gasteiger partial charge < -0.3 is 4.42 Å². The van der Waals surface area contributed by atoms with Crippen LogP contribution in [0.1, 0.15) is 24.1 Å². The second kappa shape index (κ2) is 4.55. The lowest BCUT2D eigenvalue weighted by Crippen LogP contribution is -2.19. The minimum atomic E-state index is -0.184. The van der Waals surface area contributed by atoms with Crippen LogP contribution in [0, 0.1) is 0 Å². The van der Waals surface area contributed by atoms with E-state index >= 15 is 0 Å². The molecule has 0 N–H and O–H groups in total. The Kier molecular flexibility index (Phi) is 2.67. The van der Waals surface area contributed by atoms with Crippen molar-refractivity contribution in [3.8, 4) is 0 Å². The first-order chi connectivity index (χ1) is 10.3. The molecule has 5 heteroatoms. The van der Waals surface area contributed by atoms with Crippen molar-refractivity contribution in [3.63, 3.8) is 0 Å². The smallest absolute Gasteiger partial charge is 0.297 e. The zero-order valence-corrected chi connectivity index (χ0v) is 11.6. The van der Waals surface area contributed by atoms with E-state index in [1.807, 2.05) is 0 Å². The maximum absolute atomic E-state index is 12.4. The van der Waals surface area contributed by atoms with Gasteiger partial charge >= 0.3 is 0 Å². The maximum atomic E-state index is 12.4. The predicted molar refractivity (Wildman–Crippen MR) is 80.4 cm³/mol. The van der Waals surface area contributed by atoms with Gasteiger partial charge in [-0.2, -0.15) is 0 Å². The largest absolute Gasteiger partial charge is 0.430 e. The van der Waals surface area contributed by atoms with Crippen molar-refractivity contribution in [3.05, 3.63) is 46.7 Å². The van der Waals surface area contributed by atoms with Gasteiger partial charge in [0.25, 0.3) is 5.56 Å². The van der Waals surface area contributed by atoms with Crippen LogP contribution in [0.15, 0.2) is 34.3 Å². The molecule has 21 heavy (non-hydrogen) atoms. The number of hydrogen-bond donors (Lipinski definition) is 0. The fourth-order valence-corrected chi connectivity index (χ4v) is 2.98. The molecule has 106 valence electrons. The molecule has 1 aliphatic carbocycles. The van der Waals surface area contributed by atoms with Crippen LogP contribution < -0.4 is 5.56 Å². The van der Waals surface area contributed by atoms with Gasteiger partial charge in [0, 0.05) is 12.2 Å². The van der Waals surface area contributed by atoms with Crippen molar-refractivity contribution in [1.82, 2.24) is 14.5 Å². The summed E-state index contributed by atoms with van der Waals surface area (Å²) in [5.41, 5.74) is 3.58. The molecule has 0 spiro atoms. The summed E-state index contributed by atoms with van der Waals surface area (Å²) in [5, 5.41) is 0.841. The van der Waals surface area contributed by atoms with Crippen LogP contribution >= 0.6 is 0 Å². The molecule has 3 aromatic rings. The Balaban J connectivity index is 2.04. The zero-order valence-electron chi connectivity index (χ0n) is 11.6. The van der Waals surface area contributed by atoms with E-state index < -0.39 is 0 Å². The molecule has 0 saturated heterocycles. The van der Waals surface area contributed by atoms with Gasteiger partial charge in [-0.25, -0.2) is 9.97 Å². The van der Waals surface area contributed by atoms with Gasteiger partial charge in [0.15, 0.2) is 0 Å². The van der Waals surface area contributed by atoms with Crippen molar-refractivity contribution in [2.24, 2.45) is 0 Å². The molecular weight excluding hydrogens is 266 g/mol. The molecule has 0 radical (unpaired) electrons. The fraction of sp³-hybridized carbons (Fsp3) is 0.312. The monoisotopic (exact) mass is 281 g/mol. The summed E-state index contributed by atoms with van der Waals surface area (Å²) in [7, 11) is 0. The number of allylic oxidation sites excluding steroid dienone is 1. The minimum Gasteiger partial charge on any atom is -0.430 e. The fourth-order valence-electron chi connectivity index (χ4n) is 2.98. The van der Waals surface area contributed by atoms with E-state index in [9.17, 15) is 4.79 Å². The molecule has 0 saturated carbocycles. The number of furan rings is 1. The third kappa shape index (κ3) is 1.81. The van der Waals surface area contributed by atoms with Gasteiger partial charge in [-0.3, -0.25) is 9.36 Å². The summed E-state index contributed by atoms with van der Waals surface area (Å²) in [6.07, 6.45) is 7.58. The van der Waals surface area contributed by atoms with E-state index in [4.69, 9.17) is 4.42 Å². The third-order valence-electron chi connectivity index (χ3n) is 4.04. The number of rotatable bonds is 2. The Hall–Kier alpha value is -2.43. The van der Waals surface area contributed by atoms with E-state index in [1.54, 1.807) is 12.4 Å². The molecule has 0 aliphatic heterocycles. The Labute approximate surface area is 120 Å². The predicted octanol–water partition coefficient (Wildman–Crippen LogP) is 2.60. The Morgan fingerprint density at radius 1 is 1.38 bits per heavy atom. The average molecular weight is 281 g/mol. The highest BCUT2D eigenvalue weighted by Gasteiger charge is 2.18. The lowest BCUT2D eigenvalue weighted by molar-refractivity contribution is 0.620. The minimum absolute atomic E-state index is 0.184. The zero-order chi connectivity index (χ0) is 14.4. The summed E-state index contributed by atoms with van der Waals surface area (Å²) < 4.78 is 7.18. The quantitative estimate of drug-likeness (QED) is 0.677. The first-order valence-corrected chi connectivity index (χ1v) is 7.19. The molecule has 5 nitrogen and oxygen atoms in total. The van der Waals surface area contributed by atoms with Crippen molar-refractivity contribution < 1.29 is 4.42 Å². The number of nitrogens with zero attached hydrogens (tertiary/aromatic N) is 3. The highest BCUT2D eigenvalue weighted by Crippen LogP contribution is 2.28. The molecular formula is C16H15N3O2. The lowest BCUT2D eigenvalue weighted by atomic mass is 9.95. The van der Waals surface area contributed by atoms with Gasteiger partial charge in [-0.15, -0.1) is 6.58 Å². The maximum Gasteiger partial charge on any atom is 0.297 e. The topological polar surface area (TPSA) is 60.9 Å². The number of fused-ring (bicyclic) bond motifs is 4. The summed E-state index contributed by atoms with van der Waals surface area (Å²) in [4.78, 5) is 21.3. The summed E-state index contributed by atoms with van der Waals surface area (Å²) in [6.45, 7) is 4.06. The van der Waals surface area contributed by atoms with E-state index in [-0.39, 0.29) is 11.1 Å². The Bertz CT molecular complexity index is 921. The van der Waals surface area contributed by atoms with Gasteiger partial charge in [0.2, 0.25) is 11.3 Å². The van der Waals surface area contributed by atoms with E-state index in [1.165, 1.54) is 16.6 Å². The van der Waals surface area contributed by atoms with Crippen LogP contribution in [0.5, 0.6) is 0 Å². The normalized spacial score (nSPS) is 14.5. The van der Waals surface area contributed by atoms with Crippen LogP contribution in [0.3, 0.4) is 0 Å². The van der Waals surface area contributed by atoms with Crippen LogP contribution in [0.25, 0.3) is 22.2 Å². The molecule has 1 aliphatic rings. The second-order valence-electron chi connectivity index (χ2n) is 5.42. The molecule has 3 heterocycles. The van der Waals surface area contributed by atoms with Crippen LogP contribution in [-0.2, 0) is 19.4 Å². The highest BCUT2D eigenvalue weighted by atomic mass is 16.3. The molecule has 0 amide bonds. The van der Waals surface area contributed by atoms with E-state index in [2.05, 4.69) is 22.6 Å². The summed E-state index contributed by atoms with van der Waals surface area (Å²) >= 11 is 0. The molecule has 0 bridgehead atoms. The van der Waals surface area contributed by atoms with Crippen molar-refractivity contribution >= 4 is 22.2 Å². The van der Waals surface area contributed by atoms with Gasteiger partial charge in [-0.05, 0) is 37.3 Å². The number of aryl methyl sites for hydroxylation is 2. The van der Waals surface area contributed by atoms with E-state index in [0.29, 0.717) is 17.8 Å². The highest BCUT2D eigenvalue weighted by molar-refractivity contribution is 6.00. The van der Waals surface area contributed by atoms with E-state index in [0.717, 1.165) is 30.3 Å². The summed E-state index contributed by atoms with van der Waals surface area (Å²) in [6, 6.07) is 2.09. The molecule has 0 aromatic carbocycles.